The molecule has 7 aromatic carbocycles. The first kappa shape index (κ1) is 30.7. The van der Waals surface area contributed by atoms with E-state index in [1.54, 1.807) is 16.2 Å². The fourth-order valence-electron chi connectivity index (χ4n) is 7.62. The van der Waals surface area contributed by atoms with Gasteiger partial charge >= 0.3 is 5.69 Å². The van der Waals surface area contributed by atoms with Crippen molar-refractivity contribution in [3.05, 3.63) is 168 Å². The van der Waals surface area contributed by atoms with Gasteiger partial charge in [-0.3, -0.25) is 9.13 Å². The molecule has 0 saturated carbocycles. The second kappa shape index (κ2) is 12.0. The summed E-state index contributed by atoms with van der Waals surface area (Å²) in [5.41, 5.74) is 12.3. The van der Waals surface area contributed by atoms with E-state index in [-0.39, 0.29) is 5.69 Å². The zero-order valence-electron chi connectivity index (χ0n) is 29.1. The Hall–Kier alpha value is -7.05. The predicted octanol–water partition coefficient (Wildman–Crippen LogP) is 11.1. The molecule has 0 fully saturated rings. The molecule has 0 spiro atoms. The Morgan fingerprint density at radius 1 is 0.472 bits per heavy atom. The van der Waals surface area contributed by atoms with E-state index in [2.05, 4.69) is 121 Å². The summed E-state index contributed by atoms with van der Waals surface area (Å²) < 4.78 is 9.81. The Balaban J connectivity index is 1.12. The van der Waals surface area contributed by atoms with Crippen molar-refractivity contribution in [1.82, 2.24) is 19.1 Å². The number of hydrogen-bond donors (Lipinski definition) is 0. The third-order valence-electron chi connectivity index (χ3n) is 10.4. The number of furan rings is 1. The summed E-state index contributed by atoms with van der Waals surface area (Å²) >= 11 is 0. The van der Waals surface area contributed by atoms with E-state index < -0.39 is 0 Å². The maximum atomic E-state index is 12.6. The number of rotatable bonds is 5. The van der Waals surface area contributed by atoms with Crippen LogP contribution in [0.15, 0.2) is 167 Å². The highest BCUT2D eigenvalue weighted by atomic mass is 16.3. The summed E-state index contributed by atoms with van der Waals surface area (Å²) in [6.07, 6.45) is 0. The van der Waals surface area contributed by atoms with Crippen LogP contribution in [0.25, 0.3) is 99.9 Å². The lowest BCUT2D eigenvalue weighted by atomic mass is 9.95. The van der Waals surface area contributed by atoms with Gasteiger partial charge in [-0.25, -0.2) is 14.8 Å². The fourth-order valence-corrected chi connectivity index (χ4v) is 7.62. The Bertz CT molecular complexity index is 3110. The lowest BCUT2D eigenvalue weighted by Crippen LogP contribution is -2.19. The van der Waals surface area contributed by atoms with Gasteiger partial charge in [-0.05, 0) is 70.1 Å². The normalized spacial score (nSPS) is 11.7. The molecule has 0 bridgehead atoms. The number of nitrogens with zero attached hydrogens (tertiary/aromatic N) is 4. The lowest BCUT2D eigenvalue weighted by Gasteiger charge is -2.13. The number of aryl methyl sites for hydroxylation is 2. The molecule has 6 heteroatoms. The quantitative estimate of drug-likeness (QED) is 0.181. The van der Waals surface area contributed by atoms with E-state index in [1.165, 1.54) is 0 Å². The molecular weight excluding hydrogens is 653 g/mol. The first-order chi connectivity index (χ1) is 26.0. The lowest BCUT2D eigenvalue weighted by molar-refractivity contribution is 0.672. The van der Waals surface area contributed by atoms with Crippen molar-refractivity contribution in [2.45, 2.75) is 0 Å². The van der Waals surface area contributed by atoms with Crippen molar-refractivity contribution >= 4 is 43.7 Å². The molecule has 0 aliphatic carbocycles. The number of fused-ring (bicyclic) bond motifs is 6. The highest BCUT2D eigenvalue weighted by molar-refractivity contribution is 6.15. The van der Waals surface area contributed by atoms with Gasteiger partial charge in [0.1, 0.15) is 11.2 Å². The van der Waals surface area contributed by atoms with Crippen molar-refractivity contribution in [2.24, 2.45) is 14.1 Å². The SMILES string of the molecule is Cn1c(=O)n(C)c2cc(-c3cccc(-c4cc(-c5ccccc5-c5ccc6oc7c8ccccc8ccc7c6c5)nc(-c5ccccc5)n4)c3)ccc21. The Labute approximate surface area is 304 Å². The van der Waals surface area contributed by atoms with Crippen LogP contribution in [0, 0.1) is 0 Å². The van der Waals surface area contributed by atoms with Gasteiger partial charge < -0.3 is 4.42 Å². The first-order valence-electron chi connectivity index (χ1n) is 17.6. The molecule has 53 heavy (non-hydrogen) atoms. The summed E-state index contributed by atoms with van der Waals surface area (Å²) in [6.45, 7) is 0. The molecule has 0 aliphatic rings. The van der Waals surface area contributed by atoms with Crippen molar-refractivity contribution in [1.29, 1.82) is 0 Å². The summed E-state index contributed by atoms with van der Waals surface area (Å²) in [5.74, 6) is 0.655. The zero-order chi connectivity index (χ0) is 35.6. The van der Waals surface area contributed by atoms with Gasteiger partial charge in [0, 0.05) is 46.9 Å². The molecule has 3 aromatic heterocycles. The van der Waals surface area contributed by atoms with Gasteiger partial charge in [-0.15, -0.1) is 0 Å². The van der Waals surface area contributed by atoms with Gasteiger partial charge in [0.15, 0.2) is 5.82 Å². The maximum absolute atomic E-state index is 12.6. The van der Waals surface area contributed by atoms with Crippen LogP contribution in [0.4, 0.5) is 0 Å². The van der Waals surface area contributed by atoms with Crippen molar-refractivity contribution in [2.75, 3.05) is 0 Å². The third kappa shape index (κ3) is 5.06. The minimum atomic E-state index is -0.0419. The molecule has 10 rings (SSSR count). The van der Waals surface area contributed by atoms with E-state index in [0.717, 1.165) is 94.1 Å². The predicted molar refractivity (Wildman–Crippen MR) is 216 cm³/mol. The van der Waals surface area contributed by atoms with E-state index in [9.17, 15) is 4.79 Å². The standard InChI is InChI=1S/C47H32N4O2/c1-50-42-23-20-32(27-43(42)51(2)47(50)52)31-14-10-15-34(25-31)40-28-41(49-46(48-40)30-12-4-3-5-13-30)37-18-9-8-16-35(37)33-21-24-44-39(26-33)38-22-19-29-11-6-7-17-36(29)45(38)53-44/h3-28H,1-2H3. The van der Waals surface area contributed by atoms with Gasteiger partial charge in [0.25, 0.3) is 0 Å². The van der Waals surface area contributed by atoms with Crippen LogP contribution in [0.3, 0.4) is 0 Å². The molecule has 0 aliphatic heterocycles. The molecule has 0 N–H and O–H groups in total. The number of hydrogen-bond acceptors (Lipinski definition) is 4. The Morgan fingerprint density at radius 3 is 2.06 bits per heavy atom. The highest BCUT2D eigenvalue weighted by Crippen LogP contribution is 2.39. The monoisotopic (exact) mass is 684 g/mol. The third-order valence-corrected chi connectivity index (χ3v) is 10.4. The van der Waals surface area contributed by atoms with Crippen molar-refractivity contribution in [3.63, 3.8) is 0 Å². The summed E-state index contributed by atoms with van der Waals surface area (Å²) in [7, 11) is 3.62. The van der Waals surface area contributed by atoms with Crippen LogP contribution in [-0.2, 0) is 14.1 Å². The molecule has 0 saturated heterocycles. The van der Waals surface area contributed by atoms with Crippen LogP contribution in [0.2, 0.25) is 0 Å². The molecule has 252 valence electrons. The fraction of sp³-hybridized carbons (Fsp3) is 0.0426. The topological polar surface area (TPSA) is 65.8 Å². The maximum Gasteiger partial charge on any atom is 0.328 e. The van der Waals surface area contributed by atoms with Crippen LogP contribution in [0.1, 0.15) is 0 Å². The van der Waals surface area contributed by atoms with E-state index in [4.69, 9.17) is 14.4 Å². The van der Waals surface area contributed by atoms with Crippen LogP contribution < -0.4 is 5.69 Å². The van der Waals surface area contributed by atoms with Crippen molar-refractivity contribution in [3.8, 4) is 56.2 Å². The second-order valence-electron chi connectivity index (χ2n) is 13.5. The molecule has 0 amide bonds. The van der Waals surface area contributed by atoms with Crippen LogP contribution in [0.5, 0.6) is 0 Å². The largest absolute Gasteiger partial charge is 0.455 e. The average molecular weight is 685 g/mol. The zero-order valence-corrected chi connectivity index (χ0v) is 29.1. The van der Waals surface area contributed by atoms with Gasteiger partial charge in [0.2, 0.25) is 0 Å². The number of imidazole rings is 1. The molecule has 0 radical (unpaired) electrons. The van der Waals surface area contributed by atoms with Crippen LogP contribution in [-0.4, -0.2) is 19.1 Å². The summed E-state index contributed by atoms with van der Waals surface area (Å²) in [5, 5.41) is 4.45. The van der Waals surface area contributed by atoms with E-state index in [1.807, 2.05) is 43.4 Å². The minimum Gasteiger partial charge on any atom is -0.455 e. The number of aromatic nitrogens is 4. The molecule has 0 atom stereocenters. The molecular formula is C47H32N4O2. The molecule has 0 unspecified atom stereocenters. The summed E-state index contributed by atoms with van der Waals surface area (Å²) in [4.78, 5) is 23.0. The molecule has 10 aromatic rings. The smallest absolute Gasteiger partial charge is 0.328 e. The number of benzene rings is 7. The van der Waals surface area contributed by atoms with Gasteiger partial charge in [-0.2, -0.15) is 0 Å². The molecule has 6 nitrogen and oxygen atoms in total. The van der Waals surface area contributed by atoms with E-state index >= 15 is 0 Å². The average Bonchev–Trinajstić information content (AvgIpc) is 3.71. The summed E-state index contributed by atoms with van der Waals surface area (Å²) in [6, 6.07) is 54.3. The second-order valence-corrected chi connectivity index (χ2v) is 13.5. The Kier molecular flexibility index (Phi) is 6.98. The van der Waals surface area contributed by atoms with Crippen molar-refractivity contribution < 1.29 is 4.42 Å². The van der Waals surface area contributed by atoms with Crippen LogP contribution >= 0.6 is 0 Å². The minimum absolute atomic E-state index is 0.0419. The van der Waals surface area contributed by atoms with Gasteiger partial charge in [0.05, 0.1) is 22.4 Å². The van der Waals surface area contributed by atoms with Gasteiger partial charge in [-0.1, -0.05) is 115 Å². The highest BCUT2D eigenvalue weighted by Gasteiger charge is 2.17. The molecule has 3 heterocycles. The van der Waals surface area contributed by atoms with E-state index in [0.29, 0.717) is 5.82 Å². The first-order valence-corrected chi connectivity index (χ1v) is 17.6. The Morgan fingerprint density at radius 2 is 1.17 bits per heavy atom.